The molecule has 0 bridgehead atoms. The van der Waals surface area contributed by atoms with Gasteiger partial charge in [-0.15, -0.1) is 0 Å². The van der Waals surface area contributed by atoms with Gasteiger partial charge in [0.05, 0.1) is 5.70 Å². The van der Waals surface area contributed by atoms with E-state index in [9.17, 15) is 8.42 Å². The normalized spacial score (nSPS) is 16.3. The lowest BCUT2D eigenvalue weighted by atomic mass is 9.98. The fourth-order valence-electron chi connectivity index (χ4n) is 2.83. The molecule has 5 nitrogen and oxygen atoms in total. The van der Waals surface area contributed by atoms with Gasteiger partial charge < -0.3 is 11.5 Å². The quantitative estimate of drug-likeness (QED) is 0.375. The molecule has 0 aliphatic heterocycles. The van der Waals surface area contributed by atoms with Gasteiger partial charge >= 0.3 is 0 Å². The molecule has 2 aliphatic carbocycles. The van der Waals surface area contributed by atoms with Crippen LogP contribution in [0.15, 0.2) is 23.2 Å². The van der Waals surface area contributed by atoms with Gasteiger partial charge in [-0.3, -0.25) is 0 Å². The molecule has 6 heteroatoms. The molecule has 98 valence electrons. The van der Waals surface area contributed by atoms with Crippen LogP contribution in [0.25, 0.3) is 11.3 Å². The Morgan fingerprint density at radius 1 is 1.21 bits per heavy atom. The highest BCUT2D eigenvalue weighted by Crippen LogP contribution is 2.22. The van der Waals surface area contributed by atoms with Crippen molar-refractivity contribution in [2.45, 2.75) is 19.3 Å². The van der Waals surface area contributed by atoms with Crippen molar-refractivity contribution in [2.75, 3.05) is 0 Å². The van der Waals surface area contributed by atoms with E-state index in [0.29, 0.717) is 12.1 Å². The molecule has 0 heterocycles. The Hall–Kier alpha value is -2.08. The molecule has 0 radical (unpaired) electrons. The van der Waals surface area contributed by atoms with Crippen molar-refractivity contribution in [1.29, 1.82) is 0 Å². The van der Waals surface area contributed by atoms with E-state index >= 15 is 0 Å². The van der Waals surface area contributed by atoms with Crippen LogP contribution < -0.4 is 21.9 Å². The molecule has 0 spiro atoms. The summed E-state index contributed by atoms with van der Waals surface area (Å²) in [4.78, 5) is 4.30. The highest BCUT2D eigenvalue weighted by atomic mass is 32.2. The van der Waals surface area contributed by atoms with Crippen molar-refractivity contribution >= 4 is 32.4 Å². The van der Waals surface area contributed by atoms with Crippen molar-refractivity contribution in [1.82, 2.24) is 0 Å². The van der Waals surface area contributed by atoms with E-state index in [0.717, 1.165) is 23.3 Å². The molecule has 0 amide bonds. The maximum Gasteiger partial charge on any atom is 0.219 e. The van der Waals surface area contributed by atoms with Crippen LogP contribution in [0.1, 0.15) is 18.4 Å². The summed E-state index contributed by atoms with van der Waals surface area (Å²) in [7, 11) is -2.31. The molecule has 0 aromatic heterocycles. The van der Waals surface area contributed by atoms with Crippen LogP contribution in [0.3, 0.4) is 0 Å². The summed E-state index contributed by atoms with van der Waals surface area (Å²) in [5, 5.41) is 1.96. The molecule has 0 unspecified atom stereocenters. The van der Waals surface area contributed by atoms with E-state index < -0.39 is 10.3 Å². The second-order valence-corrected chi connectivity index (χ2v) is 5.63. The van der Waals surface area contributed by atoms with E-state index in [1.165, 1.54) is 11.1 Å². The summed E-state index contributed by atoms with van der Waals surface area (Å²) in [6.07, 6.45) is 2.26. The average Bonchev–Trinajstić information content (AvgIpc) is 2.76. The fourth-order valence-corrected chi connectivity index (χ4v) is 3.43. The van der Waals surface area contributed by atoms with Crippen LogP contribution in [-0.2, 0) is 16.7 Å². The number of hydrogen-bond donors (Lipinski definition) is 2. The molecule has 0 atom stereocenters. The molecular formula is C13H13N3O2S. The van der Waals surface area contributed by atoms with Crippen molar-refractivity contribution in [3.05, 3.63) is 34.2 Å². The summed E-state index contributed by atoms with van der Waals surface area (Å²) in [5.41, 5.74) is 13.6. The topological polar surface area (TPSA) is 98.5 Å². The number of nitrogens with zero attached hydrogens (tertiary/aromatic N) is 1. The zero-order chi connectivity index (χ0) is 13.6. The third kappa shape index (κ3) is 1.84. The number of aryl methyl sites for hydroxylation is 1. The van der Waals surface area contributed by atoms with Gasteiger partial charge in [0.1, 0.15) is 4.86 Å². The second-order valence-electron chi connectivity index (χ2n) is 4.66. The van der Waals surface area contributed by atoms with Gasteiger partial charge in [-0.2, -0.15) is 8.42 Å². The van der Waals surface area contributed by atoms with Gasteiger partial charge in [0.15, 0.2) is 5.96 Å². The first-order chi connectivity index (χ1) is 9.08. The van der Waals surface area contributed by atoms with E-state index in [2.05, 4.69) is 11.1 Å². The third-order valence-electron chi connectivity index (χ3n) is 3.54. The van der Waals surface area contributed by atoms with Crippen LogP contribution in [0, 0.1) is 0 Å². The first kappa shape index (κ1) is 12.0. The van der Waals surface area contributed by atoms with Gasteiger partial charge in [0, 0.05) is 11.6 Å². The summed E-state index contributed by atoms with van der Waals surface area (Å²) in [5.74, 6) is -0.128. The Kier molecular flexibility index (Phi) is 2.67. The highest BCUT2D eigenvalue weighted by Gasteiger charge is 2.23. The second kappa shape index (κ2) is 4.24. The molecular weight excluding hydrogens is 262 g/mol. The number of guanidine groups is 1. The lowest BCUT2D eigenvalue weighted by Crippen LogP contribution is -2.37. The van der Waals surface area contributed by atoms with Crippen molar-refractivity contribution in [2.24, 2.45) is 16.5 Å². The molecule has 2 aliphatic rings. The number of aliphatic imine (C=N–C) groups is 1. The monoisotopic (exact) mass is 275 g/mol. The number of hydrogen-bond acceptors (Lipinski definition) is 3. The van der Waals surface area contributed by atoms with Gasteiger partial charge in [-0.1, -0.05) is 23.8 Å². The van der Waals surface area contributed by atoms with Gasteiger partial charge in [-0.25, -0.2) is 4.99 Å². The molecule has 3 rings (SSSR count). The predicted octanol–water partition coefficient (Wildman–Crippen LogP) is -1.38. The largest absolute Gasteiger partial charge is 0.370 e. The summed E-state index contributed by atoms with van der Waals surface area (Å²) < 4.78 is 22.8. The molecule has 19 heavy (non-hydrogen) atoms. The Bertz CT molecular complexity index is 852. The SMILES string of the molecule is NC(N)=NC1=c2cccc3c2=C(CC3)CC1=S(=O)=O. The Labute approximate surface area is 111 Å². The number of benzene rings is 1. The lowest BCUT2D eigenvalue weighted by molar-refractivity contribution is 0.627. The van der Waals surface area contributed by atoms with Crippen LogP contribution in [0.5, 0.6) is 0 Å². The molecule has 0 saturated heterocycles. The Balaban J connectivity index is 2.55. The molecule has 4 N–H and O–H groups in total. The number of nitrogens with two attached hydrogens (primary N) is 2. The predicted molar refractivity (Wildman–Crippen MR) is 75.2 cm³/mol. The molecule has 0 saturated carbocycles. The zero-order valence-corrected chi connectivity index (χ0v) is 11.0. The van der Waals surface area contributed by atoms with Crippen molar-refractivity contribution in [3.8, 4) is 0 Å². The maximum atomic E-state index is 11.4. The van der Waals surface area contributed by atoms with Gasteiger partial charge in [-0.05, 0) is 23.6 Å². The standard InChI is InChI=1S/C13H13N3O2S/c14-13(15)16-12-9-3-1-2-7-4-5-8(11(7)9)6-10(12)19(17)18/h1-3H,4-6H2,(H4,14,15,16). The molecule has 1 aromatic carbocycles. The van der Waals surface area contributed by atoms with E-state index in [1.54, 1.807) is 0 Å². The van der Waals surface area contributed by atoms with Crippen LogP contribution in [0.4, 0.5) is 0 Å². The lowest BCUT2D eigenvalue weighted by Gasteiger charge is -2.11. The minimum Gasteiger partial charge on any atom is -0.370 e. The van der Waals surface area contributed by atoms with E-state index in [4.69, 9.17) is 11.5 Å². The average molecular weight is 275 g/mol. The van der Waals surface area contributed by atoms with Gasteiger partial charge in [0.25, 0.3) is 0 Å². The highest BCUT2D eigenvalue weighted by molar-refractivity contribution is 7.74. The van der Waals surface area contributed by atoms with Crippen LogP contribution in [0.2, 0.25) is 0 Å². The third-order valence-corrected chi connectivity index (χ3v) is 4.28. The molecule has 1 aromatic rings. The summed E-state index contributed by atoms with van der Waals surface area (Å²) >= 11 is 0. The Morgan fingerprint density at radius 2 is 2.00 bits per heavy atom. The van der Waals surface area contributed by atoms with E-state index in [1.807, 2.05) is 12.1 Å². The first-order valence-electron chi connectivity index (χ1n) is 5.97. The van der Waals surface area contributed by atoms with Gasteiger partial charge in [0.2, 0.25) is 10.3 Å². The summed E-state index contributed by atoms with van der Waals surface area (Å²) in [6, 6.07) is 5.85. The first-order valence-corrected chi connectivity index (χ1v) is 7.05. The smallest absolute Gasteiger partial charge is 0.219 e. The van der Waals surface area contributed by atoms with Crippen LogP contribution in [-0.4, -0.2) is 19.2 Å². The maximum absolute atomic E-state index is 11.4. The fraction of sp³-hybridized carbons (Fsp3) is 0.231. The summed E-state index contributed by atoms with van der Waals surface area (Å²) in [6.45, 7) is 0. The number of rotatable bonds is 1. The van der Waals surface area contributed by atoms with Crippen molar-refractivity contribution in [3.63, 3.8) is 0 Å². The molecule has 0 fully saturated rings. The minimum atomic E-state index is -2.31. The Morgan fingerprint density at radius 3 is 2.68 bits per heavy atom. The van der Waals surface area contributed by atoms with E-state index in [-0.39, 0.29) is 10.8 Å². The zero-order valence-electron chi connectivity index (χ0n) is 10.2. The minimum absolute atomic E-state index is 0.128. The van der Waals surface area contributed by atoms with Crippen molar-refractivity contribution < 1.29 is 8.42 Å². The van der Waals surface area contributed by atoms with Crippen LogP contribution >= 0.6 is 0 Å².